The van der Waals surface area contributed by atoms with Gasteiger partial charge in [0.25, 0.3) is 0 Å². The second-order valence-electron chi connectivity index (χ2n) is 6.12. The van der Waals surface area contributed by atoms with Crippen LogP contribution < -0.4 is 5.32 Å². The molecule has 0 aliphatic rings. The van der Waals surface area contributed by atoms with Crippen LogP contribution in [0.25, 0.3) is 0 Å². The van der Waals surface area contributed by atoms with E-state index in [1.807, 2.05) is 0 Å². The second kappa shape index (κ2) is 7.79. The molecule has 0 saturated heterocycles. The van der Waals surface area contributed by atoms with Crippen LogP contribution in [0.1, 0.15) is 56.5 Å². The van der Waals surface area contributed by atoms with Crippen LogP contribution in [-0.2, 0) is 6.54 Å². The SMILES string of the molecule is CCCNC(C)(CO)CCCCn1nc(C)c(C)c1C. The lowest BCUT2D eigenvalue weighted by molar-refractivity contribution is 0.162. The van der Waals surface area contributed by atoms with Gasteiger partial charge in [-0.3, -0.25) is 4.68 Å². The first-order valence-corrected chi connectivity index (χ1v) is 7.80. The molecule has 1 rings (SSSR count). The summed E-state index contributed by atoms with van der Waals surface area (Å²) >= 11 is 0. The highest BCUT2D eigenvalue weighted by atomic mass is 16.3. The summed E-state index contributed by atoms with van der Waals surface area (Å²) in [5, 5.41) is 17.5. The molecule has 1 aromatic rings. The van der Waals surface area contributed by atoms with Gasteiger partial charge < -0.3 is 10.4 Å². The maximum absolute atomic E-state index is 9.53. The molecule has 0 saturated carbocycles. The summed E-state index contributed by atoms with van der Waals surface area (Å²) in [6.07, 6.45) is 4.30. The van der Waals surface area contributed by atoms with Gasteiger partial charge in [0.15, 0.2) is 0 Å². The van der Waals surface area contributed by atoms with Crippen molar-refractivity contribution in [3.63, 3.8) is 0 Å². The van der Waals surface area contributed by atoms with Gasteiger partial charge >= 0.3 is 0 Å². The van der Waals surface area contributed by atoms with E-state index in [0.29, 0.717) is 0 Å². The molecule has 0 aliphatic heterocycles. The molecule has 0 fully saturated rings. The van der Waals surface area contributed by atoms with Crippen LogP contribution in [0.15, 0.2) is 0 Å². The van der Waals surface area contributed by atoms with Crippen molar-refractivity contribution in [1.82, 2.24) is 15.1 Å². The summed E-state index contributed by atoms with van der Waals surface area (Å²) in [7, 11) is 0. The molecule has 116 valence electrons. The lowest BCUT2D eigenvalue weighted by atomic mass is 9.95. The van der Waals surface area contributed by atoms with Crippen molar-refractivity contribution in [2.24, 2.45) is 0 Å². The van der Waals surface area contributed by atoms with Gasteiger partial charge in [-0.1, -0.05) is 6.92 Å². The van der Waals surface area contributed by atoms with Crippen molar-refractivity contribution in [1.29, 1.82) is 0 Å². The third-order valence-electron chi connectivity index (χ3n) is 4.24. The molecular formula is C16H31N3O. The predicted octanol–water partition coefficient (Wildman–Crippen LogP) is 2.73. The fourth-order valence-electron chi connectivity index (χ4n) is 2.43. The fraction of sp³-hybridized carbons (Fsp3) is 0.812. The van der Waals surface area contributed by atoms with Crippen LogP contribution in [0.3, 0.4) is 0 Å². The van der Waals surface area contributed by atoms with Crippen molar-refractivity contribution in [3.05, 3.63) is 17.0 Å². The van der Waals surface area contributed by atoms with Gasteiger partial charge in [0.05, 0.1) is 12.3 Å². The van der Waals surface area contributed by atoms with E-state index < -0.39 is 0 Å². The Morgan fingerprint density at radius 1 is 1.25 bits per heavy atom. The van der Waals surface area contributed by atoms with E-state index >= 15 is 0 Å². The topological polar surface area (TPSA) is 50.1 Å². The normalized spacial score (nSPS) is 14.5. The van der Waals surface area contributed by atoms with Gasteiger partial charge in [-0.15, -0.1) is 0 Å². The summed E-state index contributed by atoms with van der Waals surface area (Å²) in [5.74, 6) is 0. The van der Waals surface area contributed by atoms with Crippen LogP contribution in [0.4, 0.5) is 0 Å². The Labute approximate surface area is 123 Å². The van der Waals surface area contributed by atoms with Crippen LogP contribution in [0.5, 0.6) is 0 Å². The number of aliphatic hydroxyl groups is 1. The number of hydrogen-bond acceptors (Lipinski definition) is 3. The monoisotopic (exact) mass is 281 g/mol. The zero-order valence-electron chi connectivity index (χ0n) is 13.8. The molecule has 0 bridgehead atoms. The van der Waals surface area contributed by atoms with E-state index in [2.05, 4.69) is 49.7 Å². The third kappa shape index (κ3) is 4.60. The molecule has 1 unspecified atom stereocenters. The molecule has 0 aromatic carbocycles. The molecular weight excluding hydrogens is 250 g/mol. The molecule has 1 aromatic heterocycles. The van der Waals surface area contributed by atoms with Crippen LogP contribution in [0.2, 0.25) is 0 Å². The van der Waals surface area contributed by atoms with Gasteiger partial charge in [-0.25, -0.2) is 0 Å². The number of hydrogen-bond donors (Lipinski definition) is 2. The van der Waals surface area contributed by atoms with Crippen LogP contribution in [0, 0.1) is 20.8 Å². The number of aromatic nitrogens is 2. The van der Waals surface area contributed by atoms with Gasteiger partial charge in [-0.05, 0) is 65.5 Å². The first-order valence-electron chi connectivity index (χ1n) is 7.80. The maximum Gasteiger partial charge on any atom is 0.0625 e. The molecule has 20 heavy (non-hydrogen) atoms. The number of aliphatic hydroxyl groups excluding tert-OH is 1. The molecule has 0 spiro atoms. The number of unbranched alkanes of at least 4 members (excludes halogenated alkanes) is 1. The van der Waals surface area contributed by atoms with E-state index in [4.69, 9.17) is 0 Å². The zero-order chi connectivity index (χ0) is 15.2. The minimum absolute atomic E-state index is 0.138. The summed E-state index contributed by atoms with van der Waals surface area (Å²) in [4.78, 5) is 0. The van der Waals surface area contributed by atoms with Gasteiger partial charge in [0.2, 0.25) is 0 Å². The Morgan fingerprint density at radius 2 is 1.95 bits per heavy atom. The highest BCUT2D eigenvalue weighted by Gasteiger charge is 2.21. The van der Waals surface area contributed by atoms with Crippen molar-refractivity contribution >= 4 is 0 Å². The molecule has 0 aliphatic carbocycles. The summed E-state index contributed by atoms with van der Waals surface area (Å²) in [6.45, 7) is 12.7. The lowest BCUT2D eigenvalue weighted by Crippen LogP contribution is -2.46. The standard InChI is InChI=1S/C16H31N3O/c1-6-10-17-16(5,12-20)9-7-8-11-19-15(4)13(2)14(3)18-19/h17,20H,6-12H2,1-5H3. The third-order valence-corrected chi connectivity index (χ3v) is 4.24. The molecule has 1 heterocycles. The van der Waals surface area contributed by atoms with Crippen molar-refractivity contribution in [3.8, 4) is 0 Å². The highest BCUT2D eigenvalue weighted by Crippen LogP contribution is 2.16. The molecule has 4 heteroatoms. The largest absolute Gasteiger partial charge is 0.394 e. The minimum atomic E-state index is -0.138. The molecule has 2 N–H and O–H groups in total. The molecule has 4 nitrogen and oxygen atoms in total. The second-order valence-corrected chi connectivity index (χ2v) is 6.12. The highest BCUT2D eigenvalue weighted by molar-refractivity contribution is 5.21. The Hall–Kier alpha value is -0.870. The van der Waals surface area contributed by atoms with Crippen molar-refractivity contribution in [2.75, 3.05) is 13.2 Å². The van der Waals surface area contributed by atoms with Crippen molar-refractivity contribution in [2.45, 2.75) is 72.4 Å². The van der Waals surface area contributed by atoms with Crippen LogP contribution in [-0.4, -0.2) is 33.6 Å². The number of nitrogens with one attached hydrogen (secondary N) is 1. The Kier molecular flexibility index (Phi) is 6.69. The van der Waals surface area contributed by atoms with E-state index in [1.54, 1.807) is 0 Å². The molecule has 0 radical (unpaired) electrons. The average molecular weight is 281 g/mol. The molecule has 1 atom stereocenters. The van der Waals surface area contributed by atoms with Gasteiger partial charge in [0.1, 0.15) is 0 Å². The lowest BCUT2D eigenvalue weighted by Gasteiger charge is -2.28. The average Bonchev–Trinajstić information content (AvgIpc) is 2.69. The van der Waals surface area contributed by atoms with E-state index in [0.717, 1.165) is 44.5 Å². The van der Waals surface area contributed by atoms with Crippen LogP contribution >= 0.6 is 0 Å². The summed E-state index contributed by atoms with van der Waals surface area (Å²) in [6, 6.07) is 0. The van der Waals surface area contributed by atoms with E-state index in [1.165, 1.54) is 11.3 Å². The number of nitrogens with zero attached hydrogens (tertiary/aromatic N) is 2. The van der Waals surface area contributed by atoms with Crippen molar-refractivity contribution < 1.29 is 5.11 Å². The van der Waals surface area contributed by atoms with Gasteiger partial charge in [-0.2, -0.15) is 5.10 Å². The Bertz CT molecular complexity index is 414. The zero-order valence-corrected chi connectivity index (χ0v) is 13.8. The maximum atomic E-state index is 9.53. The Balaban J connectivity index is 2.38. The van der Waals surface area contributed by atoms with E-state index in [-0.39, 0.29) is 12.1 Å². The summed E-state index contributed by atoms with van der Waals surface area (Å²) in [5.41, 5.74) is 3.57. The fourth-order valence-corrected chi connectivity index (χ4v) is 2.43. The summed E-state index contributed by atoms with van der Waals surface area (Å²) < 4.78 is 2.11. The number of rotatable bonds is 9. The van der Waals surface area contributed by atoms with Gasteiger partial charge in [0, 0.05) is 17.8 Å². The first-order chi connectivity index (χ1) is 9.43. The van der Waals surface area contributed by atoms with E-state index in [9.17, 15) is 5.11 Å². The predicted molar refractivity (Wildman–Crippen MR) is 84.1 cm³/mol. The molecule has 0 amide bonds. The Morgan fingerprint density at radius 3 is 2.45 bits per heavy atom. The minimum Gasteiger partial charge on any atom is -0.394 e. The smallest absolute Gasteiger partial charge is 0.0625 e. The number of aryl methyl sites for hydroxylation is 2. The first kappa shape index (κ1) is 17.2. The quantitative estimate of drug-likeness (QED) is 0.684.